The number of hydrogen-bond acceptors (Lipinski definition) is 2. The number of benzene rings is 2. The van der Waals surface area contributed by atoms with Crippen LogP contribution in [-0.4, -0.2) is 0 Å². The van der Waals surface area contributed by atoms with Crippen molar-refractivity contribution in [2.45, 2.75) is 39.7 Å². The summed E-state index contributed by atoms with van der Waals surface area (Å²) in [6.45, 7) is 9.21. The molecule has 0 aliphatic carbocycles. The summed E-state index contributed by atoms with van der Waals surface area (Å²) >= 11 is 3.86. The van der Waals surface area contributed by atoms with Crippen LogP contribution in [0.3, 0.4) is 0 Å². The SMILES string of the molecule is Cc1ccc2c(c1)-c1c3sc(-c4ccc(-c5ccccc5)s4)c(C)c3cc[n+]1C(C)C2C. The van der Waals surface area contributed by atoms with Crippen molar-refractivity contribution in [1.82, 2.24) is 0 Å². The fraction of sp³-hybridized carbons (Fsp3) is 0.207. The molecule has 0 N–H and O–H groups in total. The third-order valence-corrected chi connectivity index (χ3v) is 9.70. The Bertz CT molecular complexity index is 1470. The summed E-state index contributed by atoms with van der Waals surface area (Å²) in [6, 6.07) is 25.1. The molecule has 32 heavy (non-hydrogen) atoms. The van der Waals surface area contributed by atoms with Crippen LogP contribution in [0.1, 0.15) is 42.5 Å². The minimum atomic E-state index is 0.446. The number of fused-ring (bicyclic) bond motifs is 5. The van der Waals surface area contributed by atoms with Gasteiger partial charge in [0.25, 0.3) is 0 Å². The maximum absolute atomic E-state index is 2.51. The van der Waals surface area contributed by atoms with Gasteiger partial charge >= 0.3 is 0 Å². The molecule has 3 heteroatoms. The molecule has 0 radical (unpaired) electrons. The number of aromatic nitrogens is 1. The van der Waals surface area contributed by atoms with Crippen LogP contribution < -0.4 is 4.57 Å². The first-order chi connectivity index (χ1) is 15.5. The van der Waals surface area contributed by atoms with Crippen LogP contribution in [0, 0.1) is 13.8 Å². The predicted octanol–water partition coefficient (Wildman–Crippen LogP) is 8.55. The molecule has 0 saturated carbocycles. The number of hydrogen-bond donors (Lipinski definition) is 0. The standard InChI is InChI=1S/C29H26NS2/c1-17-10-11-22-18(2)20(4)30-15-14-23-19(3)28(32-29(23)27(30)24(22)16-17)26-13-12-25(31-26)21-8-6-5-7-9-21/h5-16,18,20H,1-4H3/q+1. The Morgan fingerprint density at radius 3 is 2.41 bits per heavy atom. The van der Waals surface area contributed by atoms with Gasteiger partial charge in [0.15, 0.2) is 12.2 Å². The van der Waals surface area contributed by atoms with Gasteiger partial charge in [-0.3, -0.25) is 0 Å². The summed E-state index contributed by atoms with van der Waals surface area (Å²) in [5, 5.41) is 1.39. The Balaban J connectivity index is 1.57. The summed E-state index contributed by atoms with van der Waals surface area (Å²) < 4.78 is 3.93. The van der Waals surface area contributed by atoms with E-state index in [0.29, 0.717) is 12.0 Å². The average molecular weight is 453 g/mol. The smallest absolute Gasteiger partial charge is 0.194 e. The van der Waals surface area contributed by atoms with E-state index in [1.54, 1.807) is 0 Å². The lowest BCUT2D eigenvalue weighted by molar-refractivity contribution is -0.713. The van der Waals surface area contributed by atoms with Crippen molar-refractivity contribution >= 4 is 32.8 Å². The number of pyridine rings is 1. The second-order valence-electron chi connectivity index (χ2n) is 9.02. The molecule has 0 bridgehead atoms. The Kier molecular flexibility index (Phi) is 4.60. The van der Waals surface area contributed by atoms with Crippen LogP contribution in [0.4, 0.5) is 0 Å². The van der Waals surface area contributed by atoms with Gasteiger partial charge in [-0.1, -0.05) is 55.0 Å². The van der Waals surface area contributed by atoms with Gasteiger partial charge in [0.1, 0.15) is 4.70 Å². The molecular weight excluding hydrogens is 426 g/mol. The summed E-state index contributed by atoms with van der Waals surface area (Å²) in [6.07, 6.45) is 2.32. The molecule has 2 unspecified atom stereocenters. The normalized spacial score (nSPS) is 17.4. The van der Waals surface area contributed by atoms with Gasteiger partial charge in [-0.05, 0) is 55.7 Å². The molecular formula is C29H26NS2+. The molecule has 5 aromatic rings. The lowest BCUT2D eigenvalue weighted by Crippen LogP contribution is -2.45. The van der Waals surface area contributed by atoms with E-state index in [1.807, 2.05) is 22.7 Å². The fourth-order valence-electron chi connectivity index (χ4n) is 5.08. The number of aryl methyl sites for hydroxylation is 2. The highest BCUT2D eigenvalue weighted by molar-refractivity contribution is 7.27. The molecule has 3 aromatic heterocycles. The first-order valence-electron chi connectivity index (χ1n) is 11.3. The van der Waals surface area contributed by atoms with Gasteiger partial charge in [0, 0.05) is 32.0 Å². The molecule has 1 nitrogen and oxygen atoms in total. The maximum atomic E-state index is 2.51. The Labute approximate surface area is 197 Å². The van der Waals surface area contributed by atoms with E-state index in [2.05, 4.69) is 105 Å². The molecule has 2 aromatic carbocycles. The zero-order valence-corrected chi connectivity index (χ0v) is 20.5. The summed E-state index contributed by atoms with van der Waals surface area (Å²) in [5.41, 5.74) is 8.30. The largest absolute Gasteiger partial charge is 0.231 e. The zero-order valence-electron chi connectivity index (χ0n) is 18.8. The minimum absolute atomic E-state index is 0.446. The first-order valence-corrected chi connectivity index (χ1v) is 12.9. The minimum Gasteiger partial charge on any atom is -0.194 e. The van der Waals surface area contributed by atoms with E-state index >= 15 is 0 Å². The van der Waals surface area contributed by atoms with E-state index < -0.39 is 0 Å². The predicted molar refractivity (Wildman–Crippen MR) is 139 cm³/mol. The molecule has 0 fully saturated rings. The molecule has 158 valence electrons. The molecule has 0 spiro atoms. The first kappa shape index (κ1) is 19.9. The van der Waals surface area contributed by atoms with Crippen molar-refractivity contribution in [3.05, 3.63) is 89.6 Å². The average Bonchev–Trinajstić information content (AvgIpc) is 3.42. The zero-order chi connectivity index (χ0) is 22.0. The van der Waals surface area contributed by atoms with E-state index in [0.717, 1.165) is 0 Å². The third kappa shape index (κ3) is 2.92. The Morgan fingerprint density at radius 2 is 1.59 bits per heavy atom. The Hall–Kier alpha value is -2.75. The highest BCUT2D eigenvalue weighted by Gasteiger charge is 2.37. The van der Waals surface area contributed by atoms with Crippen molar-refractivity contribution in [1.29, 1.82) is 0 Å². The van der Waals surface area contributed by atoms with Crippen LogP contribution in [-0.2, 0) is 0 Å². The van der Waals surface area contributed by atoms with Crippen molar-refractivity contribution < 1.29 is 4.57 Å². The van der Waals surface area contributed by atoms with Crippen LogP contribution in [0.15, 0.2) is 72.9 Å². The van der Waals surface area contributed by atoms with Gasteiger partial charge in [-0.25, -0.2) is 0 Å². The highest BCUT2D eigenvalue weighted by Crippen LogP contribution is 2.48. The number of rotatable bonds is 2. The topological polar surface area (TPSA) is 3.88 Å². The summed E-state index contributed by atoms with van der Waals surface area (Å²) in [4.78, 5) is 4.10. The number of thiophene rings is 2. The van der Waals surface area contributed by atoms with Gasteiger partial charge in [0.05, 0.1) is 5.56 Å². The molecule has 0 amide bonds. The molecule has 1 aliphatic rings. The van der Waals surface area contributed by atoms with Crippen molar-refractivity contribution in [3.63, 3.8) is 0 Å². The van der Waals surface area contributed by atoms with Gasteiger partial charge in [-0.2, -0.15) is 4.57 Å². The molecule has 6 rings (SSSR count). The molecule has 0 saturated heterocycles. The fourth-order valence-corrected chi connectivity index (χ4v) is 7.61. The summed E-state index contributed by atoms with van der Waals surface area (Å²) in [7, 11) is 0. The van der Waals surface area contributed by atoms with E-state index in [9.17, 15) is 0 Å². The van der Waals surface area contributed by atoms with Gasteiger partial charge in [-0.15, -0.1) is 22.7 Å². The number of nitrogens with zero attached hydrogens (tertiary/aromatic N) is 1. The summed E-state index contributed by atoms with van der Waals surface area (Å²) in [5.74, 6) is 0.506. The Morgan fingerprint density at radius 1 is 0.812 bits per heavy atom. The molecule has 4 heterocycles. The van der Waals surface area contributed by atoms with E-state index in [1.165, 1.54) is 58.2 Å². The maximum Gasteiger partial charge on any atom is 0.231 e. The van der Waals surface area contributed by atoms with Crippen LogP contribution >= 0.6 is 22.7 Å². The third-order valence-electron chi connectivity index (χ3n) is 7.07. The van der Waals surface area contributed by atoms with Crippen molar-refractivity contribution in [2.24, 2.45) is 0 Å². The molecule has 1 aliphatic heterocycles. The van der Waals surface area contributed by atoms with Crippen molar-refractivity contribution in [3.8, 4) is 31.5 Å². The van der Waals surface area contributed by atoms with Crippen LogP contribution in [0.2, 0.25) is 0 Å². The quantitative estimate of drug-likeness (QED) is 0.236. The van der Waals surface area contributed by atoms with E-state index in [-0.39, 0.29) is 0 Å². The molecule has 2 atom stereocenters. The lowest BCUT2D eigenvalue weighted by atomic mass is 9.84. The highest BCUT2D eigenvalue weighted by atomic mass is 32.1. The van der Waals surface area contributed by atoms with Gasteiger partial charge in [0.2, 0.25) is 5.69 Å². The van der Waals surface area contributed by atoms with E-state index in [4.69, 9.17) is 0 Å². The lowest BCUT2D eigenvalue weighted by Gasteiger charge is -2.26. The van der Waals surface area contributed by atoms with Gasteiger partial charge < -0.3 is 0 Å². The van der Waals surface area contributed by atoms with Crippen LogP contribution in [0.5, 0.6) is 0 Å². The second-order valence-corrected chi connectivity index (χ2v) is 11.1. The van der Waals surface area contributed by atoms with Crippen molar-refractivity contribution in [2.75, 3.05) is 0 Å². The van der Waals surface area contributed by atoms with Crippen LogP contribution in [0.25, 0.3) is 41.5 Å². The second kappa shape index (κ2) is 7.40. The monoisotopic (exact) mass is 452 g/mol.